The lowest BCUT2D eigenvalue weighted by atomic mass is 9.77. The van der Waals surface area contributed by atoms with Gasteiger partial charge in [0.15, 0.2) is 0 Å². The van der Waals surface area contributed by atoms with E-state index < -0.39 is 0 Å². The molecule has 2 unspecified atom stereocenters. The van der Waals surface area contributed by atoms with Gasteiger partial charge in [-0.15, -0.1) is 0 Å². The average Bonchev–Trinajstić information content (AvgIpc) is 2.64. The Hall–Kier alpha value is -0.0800. The predicted octanol–water partition coefficient (Wildman–Crippen LogP) is 2.49. The van der Waals surface area contributed by atoms with Crippen LogP contribution < -0.4 is 5.32 Å². The van der Waals surface area contributed by atoms with Gasteiger partial charge >= 0.3 is 0 Å². The molecule has 0 amide bonds. The van der Waals surface area contributed by atoms with Crippen LogP contribution in [0, 0.1) is 11.8 Å². The van der Waals surface area contributed by atoms with Gasteiger partial charge in [0.05, 0.1) is 0 Å². The lowest BCUT2D eigenvalue weighted by Crippen LogP contribution is -2.48. The topological polar surface area (TPSA) is 15.3 Å². The summed E-state index contributed by atoms with van der Waals surface area (Å²) < 4.78 is 0. The monoisotopic (exact) mass is 224 g/mol. The summed E-state index contributed by atoms with van der Waals surface area (Å²) in [5.74, 6) is 1.92. The Balaban J connectivity index is 1.89. The van der Waals surface area contributed by atoms with Crippen molar-refractivity contribution >= 4 is 0 Å². The van der Waals surface area contributed by atoms with Crippen molar-refractivity contribution in [3.63, 3.8) is 0 Å². The van der Waals surface area contributed by atoms with E-state index in [1.165, 1.54) is 38.9 Å². The summed E-state index contributed by atoms with van der Waals surface area (Å²) in [5.41, 5.74) is 0.369. The molecule has 2 heteroatoms. The van der Waals surface area contributed by atoms with Crippen molar-refractivity contribution in [2.45, 2.75) is 58.5 Å². The van der Waals surface area contributed by atoms with Crippen LogP contribution in [0.25, 0.3) is 0 Å². The summed E-state index contributed by atoms with van der Waals surface area (Å²) in [7, 11) is 0. The van der Waals surface area contributed by atoms with Crippen molar-refractivity contribution < 1.29 is 0 Å². The molecule has 16 heavy (non-hydrogen) atoms. The molecule has 0 aliphatic carbocycles. The molecule has 0 spiro atoms. The quantitative estimate of drug-likeness (QED) is 0.775. The Bertz CT molecular complexity index is 235. The van der Waals surface area contributed by atoms with Gasteiger partial charge in [-0.05, 0) is 71.9 Å². The number of hydrogen-bond acceptors (Lipinski definition) is 2. The number of nitrogens with zero attached hydrogens (tertiary/aromatic N) is 1. The van der Waals surface area contributed by atoms with Gasteiger partial charge in [-0.2, -0.15) is 0 Å². The van der Waals surface area contributed by atoms with E-state index in [1.54, 1.807) is 0 Å². The fraction of sp³-hybridized carbons (Fsp3) is 1.00. The zero-order chi connectivity index (χ0) is 11.8. The van der Waals surface area contributed by atoms with Crippen LogP contribution in [-0.4, -0.2) is 36.1 Å². The number of nitrogens with one attached hydrogen (secondary N) is 1. The van der Waals surface area contributed by atoms with Crippen molar-refractivity contribution in [2.75, 3.05) is 19.6 Å². The molecular formula is C14H28N2. The van der Waals surface area contributed by atoms with Gasteiger partial charge in [0.1, 0.15) is 0 Å². The van der Waals surface area contributed by atoms with Crippen molar-refractivity contribution in [3.05, 3.63) is 0 Å². The van der Waals surface area contributed by atoms with Crippen molar-refractivity contribution in [1.29, 1.82) is 0 Å². The van der Waals surface area contributed by atoms with Crippen LogP contribution in [0.5, 0.6) is 0 Å². The van der Waals surface area contributed by atoms with E-state index in [9.17, 15) is 0 Å². The molecule has 0 aromatic rings. The van der Waals surface area contributed by atoms with Gasteiger partial charge in [0.25, 0.3) is 0 Å². The highest BCUT2D eigenvalue weighted by molar-refractivity contribution is 4.91. The summed E-state index contributed by atoms with van der Waals surface area (Å²) in [6.45, 7) is 13.3. The van der Waals surface area contributed by atoms with Crippen LogP contribution in [0.3, 0.4) is 0 Å². The Labute approximate surface area is 101 Å². The Morgan fingerprint density at radius 1 is 1.19 bits per heavy atom. The van der Waals surface area contributed by atoms with Gasteiger partial charge in [0.2, 0.25) is 0 Å². The lowest BCUT2D eigenvalue weighted by molar-refractivity contribution is 0.166. The fourth-order valence-corrected chi connectivity index (χ4v) is 3.50. The first-order valence-electron chi connectivity index (χ1n) is 6.97. The molecular weight excluding hydrogens is 196 g/mol. The third-order valence-corrected chi connectivity index (χ3v) is 4.54. The number of likely N-dealkylation sites (tertiary alicyclic amines) is 1. The average molecular weight is 224 g/mol. The number of rotatable bonds is 2. The molecule has 2 heterocycles. The smallest absolute Gasteiger partial charge is 0.0127 e. The molecule has 0 saturated carbocycles. The highest BCUT2D eigenvalue weighted by atomic mass is 15.2. The second kappa shape index (κ2) is 4.66. The summed E-state index contributed by atoms with van der Waals surface area (Å²) >= 11 is 0. The van der Waals surface area contributed by atoms with E-state index in [-0.39, 0.29) is 0 Å². The minimum absolute atomic E-state index is 0.369. The van der Waals surface area contributed by atoms with E-state index in [4.69, 9.17) is 0 Å². The van der Waals surface area contributed by atoms with Crippen LogP contribution in [0.4, 0.5) is 0 Å². The molecule has 1 N–H and O–H groups in total. The Morgan fingerprint density at radius 3 is 2.50 bits per heavy atom. The maximum Gasteiger partial charge on any atom is 0.0127 e. The lowest BCUT2D eigenvalue weighted by Gasteiger charge is -2.39. The fourth-order valence-electron chi connectivity index (χ4n) is 3.50. The largest absolute Gasteiger partial charge is 0.312 e. The van der Waals surface area contributed by atoms with Crippen LogP contribution >= 0.6 is 0 Å². The number of hydrogen-bond donors (Lipinski definition) is 1. The van der Waals surface area contributed by atoms with E-state index in [2.05, 4.69) is 37.9 Å². The van der Waals surface area contributed by atoms with Gasteiger partial charge in [-0.3, -0.25) is 0 Å². The summed E-state index contributed by atoms with van der Waals surface area (Å²) in [5, 5.41) is 3.63. The molecule has 94 valence electrons. The first-order valence-corrected chi connectivity index (χ1v) is 6.97. The second-order valence-corrected chi connectivity index (χ2v) is 6.70. The van der Waals surface area contributed by atoms with Crippen LogP contribution in [0.1, 0.15) is 47.0 Å². The first kappa shape index (κ1) is 12.4. The molecule has 0 aromatic heterocycles. The van der Waals surface area contributed by atoms with E-state index in [0.29, 0.717) is 5.54 Å². The predicted molar refractivity (Wildman–Crippen MR) is 69.6 cm³/mol. The SMILES string of the molecule is CC(C)N1CCC(C2CCNC(C)(C)C2)C1. The van der Waals surface area contributed by atoms with Crippen molar-refractivity contribution in [1.82, 2.24) is 10.2 Å². The molecule has 2 aliphatic heterocycles. The Morgan fingerprint density at radius 2 is 1.94 bits per heavy atom. The minimum atomic E-state index is 0.369. The number of piperidine rings is 1. The normalized spacial score (nSPS) is 35.8. The van der Waals surface area contributed by atoms with Gasteiger partial charge in [0, 0.05) is 18.1 Å². The van der Waals surface area contributed by atoms with E-state index in [1.807, 2.05) is 0 Å². The van der Waals surface area contributed by atoms with Crippen LogP contribution in [0.15, 0.2) is 0 Å². The molecule has 2 saturated heterocycles. The molecule has 2 fully saturated rings. The summed E-state index contributed by atoms with van der Waals surface area (Å²) in [4.78, 5) is 2.65. The Kier molecular flexibility index (Phi) is 3.60. The highest BCUT2D eigenvalue weighted by Crippen LogP contribution is 2.35. The van der Waals surface area contributed by atoms with Gasteiger partial charge in [-0.25, -0.2) is 0 Å². The van der Waals surface area contributed by atoms with Crippen LogP contribution in [-0.2, 0) is 0 Å². The molecule has 2 nitrogen and oxygen atoms in total. The summed E-state index contributed by atoms with van der Waals surface area (Å²) in [6.07, 6.45) is 4.18. The molecule has 0 bridgehead atoms. The van der Waals surface area contributed by atoms with Gasteiger partial charge < -0.3 is 10.2 Å². The van der Waals surface area contributed by atoms with Crippen molar-refractivity contribution in [2.24, 2.45) is 11.8 Å². The van der Waals surface area contributed by atoms with Crippen LogP contribution in [0.2, 0.25) is 0 Å². The van der Waals surface area contributed by atoms with E-state index >= 15 is 0 Å². The maximum absolute atomic E-state index is 3.63. The second-order valence-electron chi connectivity index (χ2n) is 6.70. The molecule has 0 aromatic carbocycles. The zero-order valence-electron chi connectivity index (χ0n) is 11.4. The minimum Gasteiger partial charge on any atom is -0.312 e. The molecule has 2 aliphatic rings. The third kappa shape index (κ3) is 2.78. The highest BCUT2D eigenvalue weighted by Gasteiger charge is 2.35. The van der Waals surface area contributed by atoms with E-state index in [0.717, 1.165) is 17.9 Å². The zero-order valence-corrected chi connectivity index (χ0v) is 11.4. The molecule has 2 atom stereocenters. The standard InChI is InChI=1S/C14H28N2/c1-11(2)16-8-6-13(10-16)12-5-7-15-14(3,4)9-12/h11-13,15H,5-10H2,1-4H3. The maximum atomic E-state index is 3.63. The van der Waals surface area contributed by atoms with Gasteiger partial charge in [-0.1, -0.05) is 0 Å². The molecule has 2 rings (SSSR count). The first-order chi connectivity index (χ1) is 7.48. The van der Waals surface area contributed by atoms with Crippen molar-refractivity contribution in [3.8, 4) is 0 Å². The molecule has 0 radical (unpaired) electrons. The summed E-state index contributed by atoms with van der Waals surface area (Å²) in [6, 6.07) is 0.736. The third-order valence-electron chi connectivity index (χ3n) is 4.54.